The summed E-state index contributed by atoms with van der Waals surface area (Å²) in [5, 5.41) is 27.4. The summed E-state index contributed by atoms with van der Waals surface area (Å²) < 4.78 is 40.9. The number of nitrogens with zero attached hydrogens (tertiary/aromatic N) is 4. The van der Waals surface area contributed by atoms with Crippen molar-refractivity contribution in [2.75, 3.05) is 12.8 Å². The van der Waals surface area contributed by atoms with E-state index in [1.165, 1.54) is 31.4 Å². The number of aromatic hydroxyl groups is 1. The fourth-order valence-corrected chi connectivity index (χ4v) is 3.82. The van der Waals surface area contributed by atoms with Crippen molar-refractivity contribution in [1.82, 2.24) is 0 Å². The largest absolute Gasteiger partial charge is 0.744 e. The molecular formula is C23H18N5O5S-. The van der Waals surface area contributed by atoms with Crippen LogP contribution in [0.1, 0.15) is 0 Å². The number of phenols is 1. The molecule has 0 aliphatic carbocycles. The van der Waals surface area contributed by atoms with Gasteiger partial charge in [-0.05, 0) is 47.9 Å². The standard InChI is InChI=1S/C23H19N5O5S/c1-33-20-13-17(26-25-16-5-3-2-4-6-16)9-10-19(20)27-28-22-21(34(30,31)32)11-14-7-8-15(24)12-18(14)23(22)29/h2-13,29H,24H2,1H3,(H,30,31,32)/p-1. The summed E-state index contributed by atoms with van der Waals surface area (Å²) in [5.41, 5.74) is 6.97. The number of ether oxygens (including phenoxy) is 1. The lowest BCUT2D eigenvalue weighted by Gasteiger charge is -2.13. The molecule has 11 heteroatoms. The van der Waals surface area contributed by atoms with Crippen molar-refractivity contribution < 1.29 is 22.8 Å². The highest BCUT2D eigenvalue weighted by molar-refractivity contribution is 7.86. The third-order valence-electron chi connectivity index (χ3n) is 4.80. The number of azo groups is 2. The van der Waals surface area contributed by atoms with Gasteiger partial charge in [-0.1, -0.05) is 24.3 Å². The predicted molar refractivity (Wildman–Crippen MR) is 126 cm³/mol. The van der Waals surface area contributed by atoms with Gasteiger partial charge in [0.2, 0.25) is 0 Å². The van der Waals surface area contributed by atoms with E-state index in [9.17, 15) is 18.1 Å². The average Bonchev–Trinajstić information content (AvgIpc) is 2.82. The summed E-state index contributed by atoms with van der Waals surface area (Å²) >= 11 is 0. The van der Waals surface area contributed by atoms with Crippen molar-refractivity contribution in [2.24, 2.45) is 20.5 Å². The molecule has 4 aromatic rings. The summed E-state index contributed by atoms with van der Waals surface area (Å²) in [4.78, 5) is -0.710. The molecule has 0 saturated heterocycles. The van der Waals surface area contributed by atoms with Crippen LogP contribution in [0.25, 0.3) is 10.8 Å². The van der Waals surface area contributed by atoms with Gasteiger partial charge in [-0.25, -0.2) is 8.42 Å². The van der Waals surface area contributed by atoms with E-state index >= 15 is 0 Å². The highest BCUT2D eigenvalue weighted by Gasteiger charge is 2.18. The maximum atomic E-state index is 11.8. The number of methoxy groups -OCH3 is 1. The van der Waals surface area contributed by atoms with Crippen molar-refractivity contribution in [3.8, 4) is 11.5 Å². The van der Waals surface area contributed by atoms with Gasteiger partial charge in [-0.3, -0.25) is 0 Å². The SMILES string of the molecule is COc1cc(N=Nc2ccccc2)ccc1N=Nc1c(S(=O)(=O)[O-])cc2ccc(N)cc2c1O. The van der Waals surface area contributed by atoms with Crippen molar-refractivity contribution >= 4 is 49.3 Å². The molecule has 0 bridgehead atoms. The molecule has 0 radical (unpaired) electrons. The first kappa shape index (κ1) is 22.8. The molecule has 0 aliphatic rings. The summed E-state index contributed by atoms with van der Waals surface area (Å²) in [7, 11) is -3.56. The van der Waals surface area contributed by atoms with Crippen LogP contribution >= 0.6 is 0 Å². The number of rotatable bonds is 6. The fourth-order valence-electron chi connectivity index (χ4n) is 3.17. The Morgan fingerprint density at radius 1 is 0.882 bits per heavy atom. The number of phenolic OH excluding ortho intramolecular Hbond substituents is 1. The van der Waals surface area contributed by atoms with Crippen LogP contribution in [0.2, 0.25) is 0 Å². The van der Waals surface area contributed by atoms with Gasteiger partial charge in [-0.2, -0.15) is 10.2 Å². The second kappa shape index (κ2) is 9.25. The molecular weight excluding hydrogens is 458 g/mol. The summed E-state index contributed by atoms with van der Waals surface area (Å²) in [6.45, 7) is 0. The van der Waals surface area contributed by atoms with Crippen LogP contribution in [0.3, 0.4) is 0 Å². The molecule has 3 N–H and O–H groups in total. The lowest BCUT2D eigenvalue weighted by molar-refractivity contribution is 0.416. The van der Waals surface area contributed by atoms with Crippen LogP contribution in [0.15, 0.2) is 98.1 Å². The molecule has 10 nitrogen and oxygen atoms in total. The van der Waals surface area contributed by atoms with Gasteiger partial charge < -0.3 is 20.1 Å². The summed E-state index contributed by atoms with van der Waals surface area (Å²) in [6.07, 6.45) is 0. The monoisotopic (exact) mass is 476 g/mol. The van der Waals surface area contributed by atoms with E-state index in [0.717, 1.165) is 6.07 Å². The second-order valence-corrected chi connectivity index (χ2v) is 8.45. The zero-order valence-corrected chi connectivity index (χ0v) is 18.6. The minimum Gasteiger partial charge on any atom is -0.744 e. The predicted octanol–water partition coefficient (Wildman–Crippen LogP) is 5.87. The van der Waals surface area contributed by atoms with Crippen LogP contribution < -0.4 is 10.5 Å². The molecule has 0 fully saturated rings. The van der Waals surface area contributed by atoms with E-state index < -0.39 is 26.5 Å². The van der Waals surface area contributed by atoms with Gasteiger partial charge in [0, 0.05) is 17.1 Å². The topological polar surface area (TPSA) is 162 Å². The lowest BCUT2D eigenvalue weighted by atomic mass is 10.1. The molecule has 0 saturated carbocycles. The third kappa shape index (κ3) is 4.85. The first-order chi connectivity index (χ1) is 16.3. The minimum atomic E-state index is -4.97. The molecule has 0 unspecified atom stereocenters. The van der Waals surface area contributed by atoms with Crippen LogP contribution in [0.5, 0.6) is 11.5 Å². The highest BCUT2D eigenvalue weighted by Crippen LogP contribution is 2.42. The Kier molecular flexibility index (Phi) is 6.21. The molecule has 0 amide bonds. The summed E-state index contributed by atoms with van der Waals surface area (Å²) in [6, 6.07) is 19.4. The molecule has 0 aromatic heterocycles. The number of hydrogen-bond acceptors (Lipinski definition) is 10. The van der Waals surface area contributed by atoms with Gasteiger partial charge in [-0.15, -0.1) is 10.2 Å². The zero-order valence-electron chi connectivity index (χ0n) is 17.8. The summed E-state index contributed by atoms with van der Waals surface area (Å²) in [5.74, 6) is -0.264. The lowest BCUT2D eigenvalue weighted by Crippen LogP contribution is -1.99. The number of nitrogen functional groups attached to an aromatic ring is 1. The van der Waals surface area contributed by atoms with Crippen LogP contribution in [0, 0.1) is 0 Å². The Bertz CT molecular complexity index is 1540. The van der Waals surface area contributed by atoms with Gasteiger partial charge in [0.25, 0.3) is 0 Å². The Labute approximate surface area is 194 Å². The van der Waals surface area contributed by atoms with Gasteiger partial charge in [0.15, 0.2) is 5.75 Å². The van der Waals surface area contributed by atoms with Gasteiger partial charge in [0.05, 0.1) is 23.4 Å². The molecule has 172 valence electrons. The molecule has 34 heavy (non-hydrogen) atoms. The molecule has 0 heterocycles. The van der Waals surface area contributed by atoms with Gasteiger partial charge in [0.1, 0.15) is 27.2 Å². The van der Waals surface area contributed by atoms with E-state index in [0.29, 0.717) is 22.4 Å². The first-order valence-corrected chi connectivity index (χ1v) is 11.2. The second-order valence-electron chi connectivity index (χ2n) is 7.10. The van der Waals surface area contributed by atoms with Crippen molar-refractivity contribution in [2.45, 2.75) is 4.90 Å². The Morgan fingerprint density at radius 2 is 1.62 bits per heavy atom. The van der Waals surface area contributed by atoms with Gasteiger partial charge >= 0.3 is 0 Å². The number of hydrogen-bond donors (Lipinski definition) is 2. The molecule has 0 spiro atoms. The minimum absolute atomic E-state index is 0.211. The molecule has 4 aromatic carbocycles. The number of anilines is 1. The maximum absolute atomic E-state index is 11.8. The quantitative estimate of drug-likeness (QED) is 0.201. The van der Waals surface area contributed by atoms with Crippen molar-refractivity contribution in [3.05, 3.63) is 72.8 Å². The normalized spacial score (nSPS) is 12.1. The van der Waals surface area contributed by atoms with E-state index in [1.54, 1.807) is 24.3 Å². The average molecular weight is 476 g/mol. The number of nitrogens with two attached hydrogens (primary N) is 1. The van der Waals surface area contributed by atoms with Crippen LogP contribution in [-0.2, 0) is 10.1 Å². The molecule has 0 aliphatic heterocycles. The van der Waals surface area contributed by atoms with E-state index in [1.807, 2.05) is 18.2 Å². The Balaban J connectivity index is 1.75. The van der Waals surface area contributed by atoms with E-state index in [2.05, 4.69) is 20.5 Å². The van der Waals surface area contributed by atoms with Crippen molar-refractivity contribution in [1.29, 1.82) is 0 Å². The third-order valence-corrected chi connectivity index (χ3v) is 5.65. The Hall–Kier alpha value is -4.35. The molecule has 4 rings (SSSR count). The maximum Gasteiger partial charge on any atom is 0.152 e. The van der Waals surface area contributed by atoms with Crippen LogP contribution in [0.4, 0.5) is 28.4 Å². The van der Waals surface area contributed by atoms with E-state index in [-0.39, 0.29) is 16.8 Å². The zero-order chi connectivity index (χ0) is 24.3. The fraction of sp³-hybridized carbons (Fsp3) is 0.0435. The Morgan fingerprint density at radius 3 is 2.32 bits per heavy atom. The highest BCUT2D eigenvalue weighted by atomic mass is 32.2. The van der Waals surface area contributed by atoms with E-state index in [4.69, 9.17) is 10.5 Å². The smallest absolute Gasteiger partial charge is 0.152 e. The number of fused-ring (bicyclic) bond motifs is 1. The molecule has 0 atom stereocenters. The first-order valence-electron chi connectivity index (χ1n) is 9.84. The van der Waals surface area contributed by atoms with Crippen molar-refractivity contribution in [3.63, 3.8) is 0 Å². The number of benzene rings is 4. The van der Waals surface area contributed by atoms with Crippen LogP contribution in [-0.4, -0.2) is 25.2 Å².